The van der Waals surface area contributed by atoms with Crippen LogP contribution in [0.5, 0.6) is 0 Å². The molecule has 1 heterocycles. The van der Waals surface area contributed by atoms with Crippen molar-refractivity contribution >= 4 is 6.08 Å². The summed E-state index contributed by atoms with van der Waals surface area (Å²) in [5.74, 6) is -0.384. The lowest BCUT2D eigenvalue weighted by molar-refractivity contribution is 0.182. The van der Waals surface area contributed by atoms with E-state index in [1.807, 2.05) is 12.2 Å². The van der Waals surface area contributed by atoms with Crippen molar-refractivity contribution in [3.05, 3.63) is 58.1 Å². The smallest absolute Gasteiger partial charge is 0.264 e. The predicted molar refractivity (Wildman–Crippen MR) is 84.8 cm³/mol. The highest BCUT2D eigenvalue weighted by atomic mass is 19.1. The highest BCUT2D eigenvalue weighted by Gasteiger charge is 2.06. The minimum atomic E-state index is -0.384. The van der Waals surface area contributed by atoms with Gasteiger partial charge in [0.1, 0.15) is 5.82 Å². The van der Waals surface area contributed by atoms with Gasteiger partial charge < -0.3 is 5.11 Å². The third-order valence-corrected chi connectivity index (χ3v) is 3.25. The van der Waals surface area contributed by atoms with Gasteiger partial charge >= 0.3 is 0 Å². The lowest BCUT2D eigenvalue weighted by atomic mass is 10.1. The Labute approximate surface area is 128 Å². The SMILES string of the molecule is CC(O)CCCC=Cc1ccc(-c2ccc(=O)[nH]n2)c(F)c1. The molecule has 1 aromatic heterocycles. The standard InChI is InChI=1S/C17H19FN2O2/c1-12(21)5-3-2-4-6-13-7-8-14(15(18)11-13)16-9-10-17(22)20-19-16/h4,6-12,21H,2-3,5H2,1H3,(H,20,22). The average Bonchev–Trinajstić information content (AvgIpc) is 2.48. The number of aromatic amines is 1. The highest BCUT2D eigenvalue weighted by molar-refractivity contribution is 5.62. The van der Waals surface area contributed by atoms with Crippen molar-refractivity contribution in [2.24, 2.45) is 0 Å². The Hall–Kier alpha value is -2.27. The van der Waals surface area contributed by atoms with Crippen molar-refractivity contribution in [2.75, 3.05) is 0 Å². The minimum absolute atomic E-state index is 0.282. The fourth-order valence-corrected chi connectivity index (χ4v) is 2.09. The van der Waals surface area contributed by atoms with Crippen LogP contribution in [-0.2, 0) is 0 Å². The molecule has 0 amide bonds. The van der Waals surface area contributed by atoms with E-state index in [9.17, 15) is 9.18 Å². The molecule has 5 heteroatoms. The molecule has 2 N–H and O–H groups in total. The molecule has 0 aliphatic carbocycles. The largest absolute Gasteiger partial charge is 0.393 e. The first-order valence-corrected chi connectivity index (χ1v) is 7.26. The summed E-state index contributed by atoms with van der Waals surface area (Å²) >= 11 is 0. The number of nitrogens with zero attached hydrogens (tertiary/aromatic N) is 1. The molecule has 0 radical (unpaired) electrons. The number of aromatic nitrogens is 2. The average molecular weight is 302 g/mol. The Morgan fingerprint density at radius 1 is 1.36 bits per heavy atom. The monoisotopic (exact) mass is 302 g/mol. The van der Waals surface area contributed by atoms with E-state index in [2.05, 4.69) is 10.2 Å². The van der Waals surface area contributed by atoms with E-state index >= 15 is 0 Å². The van der Waals surface area contributed by atoms with E-state index < -0.39 is 0 Å². The van der Waals surface area contributed by atoms with Crippen LogP contribution in [0, 0.1) is 5.82 Å². The Kier molecular flexibility index (Phi) is 5.61. The van der Waals surface area contributed by atoms with Gasteiger partial charge in [-0.25, -0.2) is 9.49 Å². The molecule has 22 heavy (non-hydrogen) atoms. The van der Waals surface area contributed by atoms with E-state index in [0.717, 1.165) is 24.8 Å². The second-order valence-corrected chi connectivity index (χ2v) is 5.23. The topological polar surface area (TPSA) is 66.0 Å². The molecule has 1 atom stereocenters. The number of H-pyrrole nitrogens is 1. The van der Waals surface area contributed by atoms with E-state index in [1.165, 1.54) is 18.2 Å². The van der Waals surface area contributed by atoms with Crippen LogP contribution in [0.25, 0.3) is 17.3 Å². The summed E-state index contributed by atoms with van der Waals surface area (Å²) in [4.78, 5) is 11.0. The second kappa shape index (κ2) is 7.66. The summed E-state index contributed by atoms with van der Waals surface area (Å²) in [5.41, 5.74) is 1.19. The molecule has 2 rings (SSSR count). The summed E-state index contributed by atoms with van der Waals surface area (Å²) in [6.45, 7) is 1.77. The minimum Gasteiger partial charge on any atom is -0.393 e. The zero-order chi connectivity index (χ0) is 15.9. The van der Waals surface area contributed by atoms with Gasteiger partial charge in [0.2, 0.25) is 0 Å². The van der Waals surface area contributed by atoms with Crippen LogP contribution in [0.1, 0.15) is 31.7 Å². The molecule has 2 aromatic rings. The number of hydrogen-bond donors (Lipinski definition) is 2. The van der Waals surface area contributed by atoms with Crippen LogP contribution in [-0.4, -0.2) is 21.4 Å². The second-order valence-electron chi connectivity index (χ2n) is 5.23. The maximum Gasteiger partial charge on any atom is 0.264 e. The zero-order valence-corrected chi connectivity index (χ0v) is 12.4. The summed E-state index contributed by atoms with van der Waals surface area (Å²) in [5, 5.41) is 15.3. The molecular weight excluding hydrogens is 283 g/mol. The maximum absolute atomic E-state index is 14.1. The number of benzene rings is 1. The first kappa shape index (κ1) is 16.1. The maximum atomic E-state index is 14.1. The van der Waals surface area contributed by atoms with Crippen LogP contribution in [0.3, 0.4) is 0 Å². The van der Waals surface area contributed by atoms with E-state index in [-0.39, 0.29) is 17.5 Å². The van der Waals surface area contributed by atoms with Crippen LogP contribution >= 0.6 is 0 Å². The van der Waals surface area contributed by atoms with Gasteiger partial charge in [-0.1, -0.05) is 18.2 Å². The molecule has 0 saturated carbocycles. The number of nitrogens with one attached hydrogen (secondary N) is 1. The lowest BCUT2D eigenvalue weighted by Crippen LogP contribution is -2.06. The molecule has 0 aliphatic heterocycles. The van der Waals surface area contributed by atoms with Crippen LogP contribution in [0.4, 0.5) is 4.39 Å². The molecular formula is C17H19FN2O2. The molecule has 4 nitrogen and oxygen atoms in total. The van der Waals surface area contributed by atoms with Crippen LogP contribution in [0.2, 0.25) is 0 Å². The summed E-state index contributed by atoms with van der Waals surface area (Å²) in [6, 6.07) is 7.69. The third-order valence-electron chi connectivity index (χ3n) is 3.25. The Morgan fingerprint density at radius 3 is 2.82 bits per heavy atom. The number of rotatable bonds is 6. The molecule has 1 unspecified atom stereocenters. The van der Waals surface area contributed by atoms with Gasteiger partial charge in [0.15, 0.2) is 0 Å². The molecule has 0 saturated heterocycles. The fraction of sp³-hybridized carbons (Fsp3) is 0.294. The van der Waals surface area contributed by atoms with E-state index in [1.54, 1.807) is 19.1 Å². The van der Waals surface area contributed by atoms with Gasteiger partial charge in [-0.05, 0) is 49.9 Å². The number of aliphatic hydroxyl groups is 1. The van der Waals surface area contributed by atoms with Gasteiger partial charge in [-0.15, -0.1) is 0 Å². The Balaban J connectivity index is 2.05. The summed E-state index contributed by atoms with van der Waals surface area (Å²) < 4.78 is 14.1. The first-order chi connectivity index (χ1) is 10.6. The van der Waals surface area contributed by atoms with Crippen molar-refractivity contribution in [1.82, 2.24) is 10.2 Å². The van der Waals surface area contributed by atoms with E-state index in [4.69, 9.17) is 5.11 Å². The Bertz CT molecular complexity index is 688. The van der Waals surface area contributed by atoms with Gasteiger partial charge in [-0.2, -0.15) is 5.10 Å². The number of allylic oxidation sites excluding steroid dienone is 1. The highest BCUT2D eigenvalue weighted by Crippen LogP contribution is 2.21. The van der Waals surface area contributed by atoms with Gasteiger partial charge in [0, 0.05) is 11.6 Å². The van der Waals surface area contributed by atoms with Crippen molar-refractivity contribution in [3.63, 3.8) is 0 Å². The molecule has 0 bridgehead atoms. The lowest BCUT2D eigenvalue weighted by Gasteiger charge is -2.03. The van der Waals surface area contributed by atoms with E-state index in [0.29, 0.717) is 11.3 Å². The van der Waals surface area contributed by atoms with Crippen molar-refractivity contribution in [1.29, 1.82) is 0 Å². The van der Waals surface area contributed by atoms with Crippen molar-refractivity contribution in [3.8, 4) is 11.3 Å². The van der Waals surface area contributed by atoms with Gasteiger partial charge in [0.25, 0.3) is 5.56 Å². The predicted octanol–water partition coefficient (Wildman–Crippen LogP) is 3.14. The number of aliphatic hydroxyl groups excluding tert-OH is 1. The number of halogens is 1. The van der Waals surface area contributed by atoms with Gasteiger partial charge in [0.05, 0.1) is 11.8 Å². The molecule has 0 spiro atoms. The molecule has 116 valence electrons. The Morgan fingerprint density at radius 2 is 2.18 bits per heavy atom. The van der Waals surface area contributed by atoms with Crippen LogP contribution in [0.15, 0.2) is 41.2 Å². The molecule has 0 fully saturated rings. The number of unbranched alkanes of at least 4 members (excludes halogenated alkanes) is 1. The number of hydrogen-bond acceptors (Lipinski definition) is 3. The molecule has 1 aromatic carbocycles. The zero-order valence-electron chi connectivity index (χ0n) is 12.4. The summed E-state index contributed by atoms with van der Waals surface area (Å²) in [6.07, 6.45) is 6.04. The molecule has 0 aliphatic rings. The summed E-state index contributed by atoms with van der Waals surface area (Å²) in [7, 11) is 0. The normalized spacial score (nSPS) is 12.7. The third kappa shape index (κ3) is 4.63. The fourth-order valence-electron chi connectivity index (χ4n) is 2.09. The van der Waals surface area contributed by atoms with Crippen molar-refractivity contribution in [2.45, 2.75) is 32.3 Å². The van der Waals surface area contributed by atoms with Crippen LogP contribution < -0.4 is 5.56 Å². The van der Waals surface area contributed by atoms with Gasteiger partial charge in [-0.3, -0.25) is 4.79 Å². The van der Waals surface area contributed by atoms with Crippen molar-refractivity contribution < 1.29 is 9.50 Å². The first-order valence-electron chi connectivity index (χ1n) is 7.26. The quantitative estimate of drug-likeness (QED) is 0.806.